The number of rotatable bonds is 2. The lowest BCUT2D eigenvalue weighted by Gasteiger charge is -2.35. The maximum absolute atomic E-state index is 13.6. The molecule has 0 N–H and O–H groups in total. The van der Waals surface area contributed by atoms with Crippen LogP contribution in [0.2, 0.25) is 0 Å². The Kier molecular flexibility index (Phi) is 4.72. The van der Waals surface area contributed by atoms with Crippen molar-refractivity contribution in [1.82, 2.24) is 14.9 Å². The van der Waals surface area contributed by atoms with Gasteiger partial charge in [-0.2, -0.15) is 0 Å². The third-order valence-electron chi connectivity index (χ3n) is 6.59. The van der Waals surface area contributed by atoms with Gasteiger partial charge in [0.2, 0.25) is 0 Å². The SMILES string of the molecule is Cc1nc(C2CCCCN2C(=O)c2oc3ccccc3c2C)nc2c1CCCN2C. The van der Waals surface area contributed by atoms with Gasteiger partial charge in [-0.25, -0.2) is 9.97 Å². The Balaban J connectivity index is 1.53. The molecular formula is C24H28N4O2. The van der Waals surface area contributed by atoms with Gasteiger partial charge in [0.1, 0.15) is 11.4 Å². The van der Waals surface area contributed by atoms with Crippen LogP contribution >= 0.6 is 0 Å². The predicted octanol–water partition coefficient (Wildman–Crippen LogP) is 4.59. The van der Waals surface area contributed by atoms with E-state index < -0.39 is 0 Å². The first kappa shape index (κ1) is 19.1. The molecule has 2 aliphatic rings. The molecule has 3 aromatic rings. The van der Waals surface area contributed by atoms with E-state index in [4.69, 9.17) is 14.4 Å². The van der Waals surface area contributed by atoms with Crippen LogP contribution in [0, 0.1) is 13.8 Å². The van der Waals surface area contributed by atoms with Crippen molar-refractivity contribution < 1.29 is 9.21 Å². The molecule has 2 aliphatic heterocycles. The number of hydrogen-bond acceptors (Lipinski definition) is 5. The molecule has 1 aromatic carbocycles. The highest BCUT2D eigenvalue weighted by Gasteiger charge is 2.34. The standard InChI is InChI=1S/C24H28N4O2/c1-15-17-9-4-5-12-20(17)30-21(15)24(29)28-14-7-6-11-19(28)22-25-16(2)18-10-8-13-27(3)23(18)26-22/h4-5,9,12,19H,6-8,10-11,13-14H2,1-3H3. The summed E-state index contributed by atoms with van der Waals surface area (Å²) < 4.78 is 5.99. The average molecular weight is 405 g/mol. The van der Waals surface area contributed by atoms with Crippen LogP contribution < -0.4 is 4.90 Å². The molecular weight excluding hydrogens is 376 g/mol. The molecule has 6 nitrogen and oxygen atoms in total. The fourth-order valence-corrected chi connectivity index (χ4v) is 4.91. The topological polar surface area (TPSA) is 62.5 Å². The van der Waals surface area contributed by atoms with E-state index in [1.165, 1.54) is 5.56 Å². The number of anilines is 1. The number of furan rings is 1. The van der Waals surface area contributed by atoms with Crippen LogP contribution in [0.15, 0.2) is 28.7 Å². The van der Waals surface area contributed by atoms with E-state index in [1.54, 1.807) is 0 Å². The normalized spacial score (nSPS) is 19.2. The molecule has 1 atom stereocenters. The molecule has 1 saturated heterocycles. The van der Waals surface area contributed by atoms with Crippen molar-refractivity contribution in [2.24, 2.45) is 0 Å². The highest BCUT2D eigenvalue weighted by atomic mass is 16.3. The zero-order valence-corrected chi connectivity index (χ0v) is 17.9. The molecule has 0 radical (unpaired) electrons. The Labute approximate surface area is 176 Å². The minimum atomic E-state index is -0.113. The molecule has 4 heterocycles. The number of carbonyl (C=O) groups is 1. The smallest absolute Gasteiger partial charge is 0.290 e. The number of piperidine rings is 1. The van der Waals surface area contributed by atoms with Crippen LogP contribution in [0.25, 0.3) is 11.0 Å². The van der Waals surface area contributed by atoms with Gasteiger partial charge in [-0.05, 0) is 52.0 Å². The summed E-state index contributed by atoms with van der Waals surface area (Å²) in [7, 11) is 2.09. The minimum absolute atomic E-state index is 0.0549. The maximum atomic E-state index is 13.6. The molecule has 1 amide bonds. The van der Waals surface area contributed by atoms with Gasteiger partial charge < -0.3 is 14.2 Å². The molecule has 0 bridgehead atoms. The van der Waals surface area contributed by atoms with Gasteiger partial charge in [0.05, 0.1) is 6.04 Å². The van der Waals surface area contributed by atoms with Crippen LogP contribution in [-0.2, 0) is 6.42 Å². The molecule has 5 rings (SSSR count). The van der Waals surface area contributed by atoms with Crippen molar-refractivity contribution in [2.75, 3.05) is 25.0 Å². The molecule has 0 aliphatic carbocycles. The number of aromatic nitrogens is 2. The molecule has 1 unspecified atom stereocenters. The molecule has 2 aromatic heterocycles. The number of para-hydroxylation sites is 1. The lowest BCUT2D eigenvalue weighted by atomic mass is 9.99. The van der Waals surface area contributed by atoms with E-state index in [9.17, 15) is 4.79 Å². The van der Waals surface area contributed by atoms with Crippen molar-refractivity contribution in [2.45, 2.75) is 52.0 Å². The van der Waals surface area contributed by atoms with E-state index in [1.807, 2.05) is 36.1 Å². The van der Waals surface area contributed by atoms with Gasteiger partial charge in [0.15, 0.2) is 11.6 Å². The number of carbonyl (C=O) groups excluding carboxylic acids is 1. The van der Waals surface area contributed by atoms with Gasteiger partial charge in [0.25, 0.3) is 5.91 Å². The summed E-state index contributed by atoms with van der Waals surface area (Å²) in [4.78, 5) is 27.6. The minimum Gasteiger partial charge on any atom is -0.451 e. The summed E-state index contributed by atoms with van der Waals surface area (Å²) in [6, 6.07) is 7.72. The second kappa shape index (κ2) is 7.42. The van der Waals surface area contributed by atoms with Crippen molar-refractivity contribution >= 4 is 22.7 Å². The van der Waals surface area contributed by atoms with Gasteiger partial charge in [0, 0.05) is 42.3 Å². The van der Waals surface area contributed by atoms with Crippen molar-refractivity contribution in [3.8, 4) is 0 Å². The number of hydrogen-bond donors (Lipinski definition) is 0. The first-order valence-corrected chi connectivity index (χ1v) is 10.9. The Hall–Kier alpha value is -2.89. The Morgan fingerprint density at radius 1 is 1.10 bits per heavy atom. The average Bonchev–Trinajstić information content (AvgIpc) is 3.10. The Morgan fingerprint density at radius 3 is 2.77 bits per heavy atom. The van der Waals surface area contributed by atoms with E-state index >= 15 is 0 Å². The Morgan fingerprint density at radius 2 is 1.93 bits per heavy atom. The van der Waals surface area contributed by atoms with Crippen LogP contribution in [-0.4, -0.2) is 40.9 Å². The zero-order chi connectivity index (χ0) is 20.8. The van der Waals surface area contributed by atoms with Crippen molar-refractivity contribution in [1.29, 1.82) is 0 Å². The second-order valence-corrected chi connectivity index (χ2v) is 8.56. The molecule has 6 heteroatoms. The van der Waals surface area contributed by atoms with Crippen LogP contribution in [0.3, 0.4) is 0 Å². The lowest BCUT2D eigenvalue weighted by molar-refractivity contribution is 0.0568. The molecule has 1 fully saturated rings. The van der Waals surface area contributed by atoms with Crippen molar-refractivity contribution in [3.05, 3.63) is 52.7 Å². The maximum Gasteiger partial charge on any atom is 0.290 e. The molecule has 156 valence electrons. The van der Waals surface area contributed by atoms with Crippen molar-refractivity contribution in [3.63, 3.8) is 0 Å². The van der Waals surface area contributed by atoms with E-state index in [-0.39, 0.29) is 11.9 Å². The predicted molar refractivity (Wildman–Crippen MR) is 117 cm³/mol. The molecule has 30 heavy (non-hydrogen) atoms. The van der Waals surface area contributed by atoms with Gasteiger partial charge >= 0.3 is 0 Å². The summed E-state index contributed by atoms with van der Waals surface area (Å²) in [6.07, 6.45) is 5.10. The highest BCUT2D eigenvalue weighted by Crippen LogP contribution is 2.35. The lowest BCUT2D eigenvalue weighted by Crippen LogP contribution is -2.40. The fraction of sp³-hybridized carbons (Fsp3) is 0.458. The van der Waals surface area contributed by atoms with Crippen LogP contribution in [0.4, 0.5) is 5.82 Å². The number of aryl methyl sites for hydroxylation is 2. The molecule has 0 spiro atoms. The Bertz CT molecular complexity index is 1120. The van der Waals surface area contributed by atoms with Crippen LogP contribution in [0.5, 0.6) is 0 Å². The number of fused-ring (bicyclic) bond motifs is 2. The summed E-state index contributed by atoms with van der Waals surface area (Å²) in [5.74, 6) is 2.18. The summed E-state index contributed by atoms with van der Waals surface area (Å²) >= 11 is 0. The highest BCUT2D eigenvalue weighted by molar-refractivity contribution is 5.99. The summed E-state index contributed by atoms with van der Waals surface area (Å²) in [5, 5.41) is 0.997. The summed E-state index contributed by atoms with van der Waals surface area (Å²) in [6.45, 7) is 5.75. The number of likely N-dealkylation sites (tertiary alicyclic amines) is 1. The van der Waals surface area contributed by atoms with Gasteiger partial charge in [-0.3, -0.25) is 4.79 Å². The second-order valence-electron chi connectivity index (χ2n) is 8.56. The molecule has 0 saturated carbocycles. The third kappa shape index (κ3) is 3.06. The number of nitrogens with zero attached hydrogens (tertiary/aromatic N) is 4. The van der Waals surface area contributed by atoms with Crippen LogP contribution in [0.1, 0.15) is 64.9 Å². The first-order valence-electron chi connectivity index (χ1n) is 10.9. The van der Waals surface area contributed by atoms with Gasteiger partial charge in [-0.15, -0.1) is 0 Å². The van der Waals surface area contributed by atoms with E-state index in [0.717, 1.165) is 72.5 Å². The van der Waals surface area contributed by atoms with E-state index in [0.29, 0.717) is 12.3 Å². The monoisotopic (exact) mass is 404 g/mol. The number of amides is 1. The zero-order valence-electron chi connectivity index (χ0n) is 17.9. The quantitative estimate of drug-likeness (QED) is 0.625. The van der Waals surface area contributed by atoms with E-state index in [2.05, 4.69) is 18.9 Å². The fourth-order valence-electron chi connectivity index (χ4n) is 4.91. The largest absolute Gasteiger partial charge is 0.451 e. The third-order valence-corrected chi connectivity index (χ3v) is 6.59. The summed E-state index contributed by atoms with van der Waals surface area (Å²) in [5.41, 5.74) is 3.95. The number of benzene rings is 1. The first-order chi connectivity index (χ1) is 14.5. The van der Waals surface area contributed by atoms with Gasteiger partial charge in [-0.1, -0.05) is 18.2 Å².